The molecule has 358 valence electrons. The smallest absolute Gasteiger partial charge is 0.411 e. The summed E-state index contributed by atoms with van der Waals surface area (Å²) in [6.45, 7) is 8.87. The van der Waals surface area contributed by atoms with Crippen LogP contribution in [0, 0.1) is 27.3 Å². The van der Waals surface area contributed by atoms with Crippen LogP contribution in [0.15, 0.2) is 65.5 Å². The Bertz CT molecular complexity index is 2580. The number of aromatic nitrogens is 2. The van der Waals surface area contributed by atoms with Crippen molar-refractivity contribution in [3.05, 3.63) is 74.8 Å². The van der Waals surface area contributed by atoms with Crippen molar-refractivity contribution in [3.8, 4) is 23.7 Å². The van der Waals surface area contributed by atoms with Crippen molar-refractivity contribution in [1.29, 1.82) is 0 Å². The van der Waals surface area contributed by atoms with Crippen LogP contribution in [0.25, 0.3) is 21.8 Å². The number of thioether (sulfide) groups is 2. The summed E-state index contributed by atoms with van der Waals surface area (Å²) in [6.07, 6.45) is -3.69. The quantitative estimate of drug-likeness (QED) is 0.0782. The third kappa shape index (κ3) is 11.7. The Labute approximate surface area is 411 Å². The number of aliphatic hydroxyl groups excluding tert-OH is 2. The van der Waals surface area contributed by atoms with Crippen LogP contribution < -0.4 is 10.6 Å². The normalized spacial score (nSPS) is 27.8. The predicted molar refractivity (Wildman–Crippen MR) is 264 cm³/mol. The van der Waals surface area contributed by atoms with Crippen LogP contribution in [0.2, 0.25) is 0 Å². The number of aromatic amines is 1. The fourth-order valence-corrected chi connectivity index (χ4v) is 10.5. The van der Waals surface area contributed by atoms with Crippen molar-refractivity contribution in [1.82, 2.24) is 20.6 Å². The summed E-state index contributed by atoms with van der Waals surface area (Å²) in [7, 11) is 2.71. The Kier molecular flexibility index (Phi) is 18.3. The molecule has 67 heavy (non-hydrogen) atoms. The number of fused-ring (bicyclic) bond motifs is 3. The van der Waals surface area contributed by atoms with Crippen LogP contribution in [-0.2, 0) is 38.0 Å². The van der Waals surface area contributed by atoms with Crippen molar-refractivity contribution in [3.63, 3.8) is 0 Å². The molecule has 0 saturated carbocycles. The number of carbonyl (C=O) groups excluding carboxylic acids is 4. The molecule has 5 N–H and O–H groups in total. The molecule has 19 heteroatoms. The predicted octanol–water partition coefficient (Wildman–Crippen LogP) is 5.34. The van der Waals surface area contributed by atoms with Crippen molar-refractivity contribution in [2.75, 3.05) is 32.8 Å². The molecule has 0 spiro atoms. The van der Waals surface area contributed by atoms with Crippen molar-refractivity contribution in [2.24, 2.45) is 0 Å². The van der Waals surface area contributed by atoms with Gasteiger partial charge in [-0.15, -0.1) is 17.7 Å². The molecule has 1 amide bonds. The SMILES string of the molecule is CC#C/C=C\C#C[C@H](OC1OC(C)C(SC)(C(=O)c2nccc3c2[nH]c2cc(I)ccc23)C(O)C1OC1CC(OC)C(NC(C)C)CO1)C1=C(NC(=O)OC)C(=O)C[C@H](O)/C1=C/CSC(C)=O. The number of aliphatic hydroxyl groups is 2. The molecular weight excluding hydrogens is 1020 g/mol. The number of hydrogen-bond acceptors (Lipinski definition) is 16. The average molecular weight is 1070 g/mol. The fraction of sp³-hybridized carbons (Fsp3) is 0.479. The lowest BCUT2D eigenvalue weighted by Gasteiger charge is -2.51. The molecule has 0 bridgehead atoms. The highest BCUT2D eigenvalue weighted by molar-refractivity contribution is 14.1. The number of methoxy groups -OCH3 is 2. The number of rotatable bonds is 14. The first kappa shape index (κ1) is 52.3. The van der Waals surface area contributed by atoms with E-state index in [9.17, 15) is 24.6 Å². The first-order valence-corrected chi connectivity index (χ1v) is 24.8. The van der Waals surface area contributed by atoms with Crippen LogP contribution >= 0.6 is 46.1 Å². The monoisotopic (exact) mass is 1070 g/mol. The molecule has 2 saturated heterocycles. The van der Waals surface area contributed by atoms with E-state index in [1.165, 1.54) is 19.1 Å². The number of ether oxygens (including phenoxy) is 6. The van der Waals surface area contributed by atoms with Crippen molar-refractivity contribution >= 4 is 90.7 Å². The Hall–Kier alpha value is -4.10. The molecule has 4 heterocycles. The van der Waals surface area contributed by atoms with Crippen molar-refractivity contribution < 1.29 is 57.8 Å². The summed E-state index contributed by atoms with van der Waals surface area (Å²) in [5, 5.41) is 31.9. The van der Waals surface area contributed by atoms with Gasteiger partial charge in [0.15, 0.2) is 23.5 Å². The summed E-state index contributed by atoms with van der Waals surface area (Å²) in [5.41, 5.74) is 1.16. The van der Waals surface area contributed by atoms with Gasteiger partial charge in [-0.3, -0.25) is 24.7 Å². The minimum absolute atomic E-state index is 0.0524. The van der Waals surface area contributed by atoms with E-state index in [0.29, 0.717) is 5.52 Å². The van der Waals surface area contributed by atoms with Gasteiger partial charge in [0, 0.05) is 70.3 Å². The maximum absolute atomic E-state index is 15.4. The molecule has 0 radical (unpaired) electrons. The second kappa shape index (κ2) is 23.5. The zero-order chi connectivity index (χ0) is 48.6. The Morgan fingerprint density at radius 3 is 2.60 bits per heavy atom. The second-order valence-electron chi connectivity index (χ2n) is 16.2. The molecule has 1 aliphatic carbocycles. The number of alkyl carbamates (subject to hydrolysis) is 1. The molecule has 2 aromatic heterocycles. The minimum atomic E-state index is -1.78. The lowest BCUT2D eigenvalue weighted by Crippen LogP contribution is -2.68. The summed E-state index contributed by atoms with van der Waals surface area (Å²) in [5.74, 6) is 10.3. The highest BCUT2D eigenvalue weighted by Crippen LogP contribution is 2.46. The number of H-pyrrole nitrogens is 1. The number of benzene rings is 1. The van der Waals surface area contributed by atoms with E-state index in [2.05, 4.69) is 66.9 Å². The summed E-state index contributed by atoms with van der Waals surface area (Å²) in [4.78, 5) is 62.0. The third-order valence-corrected chi connectivity index (χ3v) is 14.4. The maximum atomic E-state index is 15.4. The number of allylic oxidation sites excluding steroid dienone is 3. The molecule has 8 unspecified atom stereocenters. The maximum Gasteiger partial charge on any atom is 0.411 e. The molecule has 10 atom stereocenters. The number of amides is 1. The number of carbonyl (C=O) groups is 4. The molecule has 1 aromatic carbocycles. The van der Waals surface area contributed by atoms with E-state index in [1.54, 1.807) is 39.5 Å². The number of nitrogens with zero attached hydrogens (tertiary/aromatic N) is 1. The van der Waals surface area contributed by atoms with E-state index in [-0.39, 0.29) is 64.6 Å². The Morgan fingerprint density at radius 1 is 1.15 bits per heavy atom. The van der Waals surface area contributed by atoms with Gasteiger partial charge in [-0.05, 0) is 78.6 Å². The molecular formula is C48H55IN4O12S2. The topological polar surface area (TPSA) is 217 Å². The van der Waals surface area contributed by atoms with Gasteiger partial charge in [-0.1, -0.05) is 55.5 Å². The molecule has 6 rings (SSSR count). The van der Waals surface area contributed by atoms with Gasteiger partial charge in [-0.2, -0.15) is 0 Å². The molecule has 16 nitrogen and oxygen atoms in total. The van der Waals surface area contributed by atoms with E-state index < -0.39 is 71.9 Å². The highest BCUT2D eigenvalue weighted by Gasteiger charge is 2.61. The largest absolute Gasteiger partial charge is 0.453 e. The van der Waals surface area contributed by atoms with E-state index in [4.69, 9.17) is 28.4 Å². The van der Waals surface area contributed by atoms with Gasteiger partial charge in [0.05, 0.1) is 49.3 Å². The lowest BCUT2D eigenvalue weighted by atomic mass is 9.82. The number of nitrogens with one attached hydrogen (secondary N) is 3. The van der Waals surface area contributed by atoms with E-state index in [1.807, 2.05) is 38.1 Å². The second-order valence-corrected chi connectivity index (χ2v) is 19.7. The third-order valence-electron chi connectivity index (χ3n) is 11.6. The Balaban J connectivity index is 1.50. The van der Waals surface area contributed by atoms with Gasteiger partial charge in [0.2, 0.25) is 5.78 Å². The lowest BCUT2D eigenvalue weighted by molar-refractivity contribution is -0.323. The van der Waals surface area contributed by atoms with Crippen molar-refractivity contribution in [2.45, 2.75) is 113 Å². The molecule has 2 aliphatic heterocycles. The van der Waals surface area contributed by atoms with Crippen LogP contribution in [0.1, 0.15) is 57.9 Å². The fourth-order valence-electron chi connectivity index (χ4n) is 8.50. The van der Waals surface area contributed by atoms with E-state index >= 15 is 4.79 Å². The van der Waals surface area contributed by atoms with Crippen LogP contribution in [0.5, 0.6) is 0 Å². The standard InChI is InChI=1S/C48H55IN4O12S2/c1-9-10-11-12-13-14-36(39-31(18-20-67-27(5)54)34(55)22-35(56)41(39)53-47(59)61-7)64-46-43(65-38-23-37(60-6)33(24-62-38)51-25(2)3)45(58)48(66-8,26(4)63-46)44(57)42-40-30(17-19-50-42)29-16-15-28(49)21-32(29)52-40/h11-12,15-19,21,25-26,33-34,36-38,43,45-46,51-52,55,58H,20,22-24H2,1-8H3,(H,53,59)/b12-11-,31-18-/t26?,33?,34-,36-,37?,38?,43?,45?,46?,48?/m0/s1. The summed E-state index contributed by atoms with van der Waals surface area (Å²) < 4.78 is 36.5. The van der Waals surface area contributed by atoms with Gasteiger partial charge in [-0.25, -0.2) is 4.79 Å². The summed E-state index contributed by atoms with van der Waals surface area (Å²) in [6, 6.07) is 7.65. The molecule has 3 aliphatic rings. The van der Waals surface area contributed by atoms with Gasteiger partial charge in [0.1, 0.15) is 28.8 Å². The number of halogens is 1. The molecule has 2 fully saturated rings. The van der Waals surface area contributed by atoms with Gasteiger partial charge < -0.3 is 48.9 Å². The zero-order valence-corrected chi connectivity index (χ0v) is 42.1. The first-order valence-electron chi connectivity index (χ1n) is 21.5. The molecule has 3 aromatic rings. The number of pyridine rings is 1. The highest BCUT2D eigenvalue weighted by atomic mass is 127. The average Bonchev–Trinajstić information content (AvgIpc) is 3.66. The van der Waals surface area contributed by atoms with Crippen LogP contribution in [0.3, 0.4) is 0 Å². The van der Waals surface area contributed by atoms with Crippen LogP contribution in [-0.4, -0.2) is 142 Å². The zero-order valence-electron chi connectivity index (χ0n) is 38.3. The number of ketones is 2. The Morgan fingerprint density at radius 2 is 1.91 bits per heavy atom. The minimum Gasteiger partial charge on any atom is -0.453 e. The van der Waals surface area contributed by atoms with Gasteiger partial charge >= 0.3 is 6.09 Å². The van der Waals surface area contributed by atoms with E-state index in [0.717, 1.165) is 50.5 Å². The first-order chi connectivity index (χ1) is 32.1. The number of Topliss-reactive ketones (excluding diaryl/α,β-unsaturated/α-hetero) is 2. The number of hydrogen-bond donors (Lipinski definition) is 5. The summed E-state index contributed by atoms with van der Waals surface area (Å²) >= 11 is 4.25. The van der Waals surface area contributed by atoms with Gasteiger partial charge in [0.25, 0.3) is 0 Å². The van der Waals surface area contributed by atoms with Crippen LogP contribution in [0.4, 0.5) is 4.79 Å².